The van der Waals surface area contributed by atoms with Crippen LogP contribution in [0, 0.1) is 6.92 Å². The zero-order valence-corrected chi connectivity index (χ0v) is 17.0. The van der Waals surface area contributed by atoms with Gasteiger partial charge in [0, 0.05) is 21.8 Å². The number of aromatic amines is 3. The van der Waals surface area contributed by atoms with Crippen molar-refractivity contribution in [2.75, 3.05) is 0 Å². The summed E-state index contributed by atoms with van der Waals surface area (Å²) in [4.78, 5) is 33.2. The van der Waals surface area contributed by atoms with Crippen molar-refractivity contribution < 1.29 is 9.84 Å². The number of ether oxygens (including phenoxy) is 1. The average molecular weight is 430 g/mol. The van der Waals surface area contributed by atoms with Gasteiger partial charge in [0.05, 0.1) is 12.2 Å². The summed E-state index contributed by atoms with van der Waals surface area (Å²) in [5, 5.41) is 15.8. The second kappa shape index (κ2) is 6.80. The first-order chi connectivity index (χ1) is 15.5. The predicted molar refractivity (Wildman–Crippen MR) is 114 cm³/mol. The summed E-state index contributed by atoms with van der Waals surface area (Å²) in [7, 11) is 0. The van der Waals surface area contributed by atoms with E-state index in [4.69, 9.17) is 4.74 Å². The van der Waals surface area contributed by atoms with E-state index in [-0.39, 0.29) is 23.6 Å². The van der Waals surface area contributed by atoms with E-state index in [9.17, 15) is 9.90 Å². The Morgan fingerprint density at radius 3 is 2.88 bits per heavy atom. The van der Waals surface area contributed by atoms with Crippen molar-refractivity contribution in [3.8, 4) is 17.6 Å². The standard InChI is InChI=1S/C21H18N8O3/c1-10-6-11-7-14(4-5-15(11)23-10)32-21-26-17-12(8-16-18(30)27-20(31)25-16)9-22-29(17)19(28-21)24-13-2-3-13/h4-9,13,23,30H,2-3H2,1H3,(H2,25,27,31)/b12-8+,24-19?. The molecule has 1 saturated carbocycles. The number of aryl methyl sites for hydroxylation is 1. The van der Waals surface area contributed by atoms with E-state index in [1.165, 1.54) is 4.52 Å². The van der Waals surface area contributed by atoms with Gasteiger partial charge in [0.15, 0.2) is 5.65 Å². The lowest BCUT2D eigenvalue weighted by atomic mass is 10.2. The number of rotatable bonds is 4. The Balaban J connectivity index is 1.50. The molecule has 1 fully saturated rings. The minimum absolute atomic E-state index is 0.130. The molecule has 0 unspecified atom stereocenters. The molecule has 4 heterocycles. The van der Waals surface area contributed by atoms with E-state index in [2.05, 4.69) is 35.0 Å². The van der Waals surface area contributed by atoms with Crippen LogP contribution in [0.25, 0.3) is 22.6 Å². The molecule has 0 atom stereocenters. The summed E-state index contributed by atoms with van der Waals surface area (Å²) in [5.41, 5.74) is 2.62. The molecule has 0 saturated heterocycles. The van der Waals surface area contributed by atoms with E-state index >= 15 is 0 Å². The molecule has 0 bridgehead atoms. The highest BCUT2D eigenvalue weighted by Crippen LogP contribution is 2.25. The number of hydrogen-bond acceptors (Lipinski definition) is 7. The van der Waals surface area contributed by atoms with Crippen LogP contribution in [0.5, 0.6) is 17.6 Å². The third-order valence-corrected chi connectivity index (χ3v) is 5.17. The number of aromatic hydroxyl groups is 1. The van der Waals surface area contributed by atoms with Crippen LogP contribution < -0.4 is 21.3 Å². The zero-order valence-electron chi connectivity index (χ0n) is 17.0. The number of H-pyrrole nitrogens is 3. The first-order valence-corrected chi connectivity index (χ1v) is 10.1. The number of aromatic nitrogens is 7. The van der Waals surface area contributed by atoms with Crippen LogP contribution in [0.15, 0.2) is 40.2 Å². The van der Waals surface area contributed by atoms with Gasteiger partial charge < -0.3 is 19.8 Å². The lowest BCUT2D eigenvalue weighted by molar-refractivity contribution is 0.436. The van der Waals surface area contributed by atoms with Gasteiger partial charge in [-0.25, -0.2) is 9.79 Å². The second-order valence-corrected chi connectivity index (χ2v) is 7.79. The highest BCUT2D eigenvalue weighted by molar-refractivity contribution is 5.81. The van der Waals surface area contributed by atoms with Gasteiger partial charge in [0.1, 0.15) is 11.4 Å². The molecule has 0 radical (unpaired) electrons. The van der Waals surface area contributed by atoms with Gasteiger partial charge >= 0.3 is 11.7 Å². The topological polar surface area (TPSA) is 149 Å². The second-order valence-electron chi connectivity index (χ2n) is 7.79. The normalized spacial score (nSPS) is 15.3. The third kappa shape index (κ3) is 3.29. The Labute approximate surface area is 179 Å². The summed E-state index contributed by atoms with van der Waals surface area (Å²) >= 11 is 0. The lowest BCUT2D eigenvalue weighted by Crippen LogP contribution is -2.23. The first kappa shape index (κ1) is 18.4. The van der Waals surface area contributed by atoms with Gasteiger partial charge in [0.25, 0.3) is 5.62 Å². The van der Waals surface area contributed by atoms with Gasteiger partial charge in [-0.3, -0.25) is 4.98 Å². The fourth-order valence-corrected chi connectivity index (χ4v) is 3.53. The number of imidazole rings is 1. The van der Waals surface area contributed by atoms with Crippen molar-refractivity contribution in [2.24, 2.45) is 4.99 Å². The van der Waals surface area contributed by atoms with Crippen LogP contribution in [0.4, 0.5) is 0 Å². The van der Waals surface area contributed by atoms with Gasteiger partial charge in [-0.2, -0.15) is 19.6 Å². The van der Waals surface area contributed by atoms with E-state index in [1.54, 1.807) is 12.3 Å². The molecule has 5 aromatic rings. The van der Waals surface area contributed by atoms with E-state index in [0.717, 1.165) is 29.4 Å². The minimum atomic E-state index is -0.510. The van der Waals surface area contributed by atoms with Crippen molar-refractivity contribution in [3.63, 3.8) is 0 Å². The fraction of sp³-hybridized carbons (Fsp3) is 0.190. The monoisotopic (exact) mass is 430 g/mol. The Kier molecular flexibility index (Phi) is 3.90. The quantitative estimate of drug-likeness (QED) is 0.335. The number of fused-ring (bicyclic) bond motifs is 2. The van der Waals surface area contributed by atoms with E-state index in [0.29, 0.717) is 22.2 Å². The molecule has 0 aliphatic heterocycles. The van der Waals surface area contributed by atoms with E-state index in [1.807, 2.05) is 31.2 Å². The maximum atomic E-state index is 11.5. The number of hydrogen-bond donors (Lipinski definition) is 4. The van der Waals surface area contributed by atoms with Crippen molar-refractivity contribution in [2.45, 2.75) is 25.8 Å². The molecule has 1 aliphatic rings. The SMILES string of the molecule is Cc1cc2cc(Oc3nc(=NC4CC4)n4nc/c(=C\c5[nH]c(=O)[nH]c5O)c4n3)ccc2[nH]1. The van der Waals surface area contributed by atoms with Crippen LogP contribution in [0.3, 0.4) is 0 Å². The van der Waals surface area contributed by atoms with Gasteiger partial charge in [0.2, 0.25) is 5.88 Å². The molecule has 4 aromatic heterocycles. The largest absolute Gasteiger partial charge is 0.493 e. The summed E-state index contributed by atoms with van der Waals surface area (Å²) in [6.07, 6.45) is 5.15. The third-order valence-electron chi connectivity index (χ3n) is 5.17. The van der Waals surface area contributed by atoms with Crippen molar-refractivity contribution in [1.29, 1.82) is 0 Å². The van der Waals surface area contributed by atoms with Crippen LogP contribution in [-0.4, -0.2) is 45.7 Å². The molecular weight excluding hydrogens is 412 g/mol. The Morgan fingerprint density at radius 2 is 2.09 bits per heavy atom. The Bertz CT molecular complexity index is 1670. The van der Waals surface area contributed by atoms with Crippen LogP contribution >= 0.6 is 0 Å². The number of benzene rings is 1. The Hall–Kier alpha value is -4.41. The van der Waals surface area contributed by atoms with Gasteiger partial charge in [-0.15, -0.1) is 0 Å². The molecule has 0 spiro atoms. The summed E-state index contributed by atoms with van der Waals surface area (Å²) in [6, 6.07) is 8.07. The Morgan fingerprint density at radius 1 is 1.22 bits per heavy atom. The summed E-state index contributed by atoms with van der Waals surface area (Å²) < 4.78 is 7.51. The number of nitrogens with zero attached hydrogens (tertiary/aromatic N) is 5. The molecular formula is C21H18N8O3. The average Bonchev–Trinajstić information content (AvgIpc) is 3.21. The van der Waals surface area contributed by atoms with Crippen molar-refractivity contribution in [1.82, 2.24) is 34.5 Å². The highest BCUT2D eigenvalue weighted by Gasteiger charge is 2.21. The maximum Gasteiger partial charge on any atom is 0.327 e. The predicted octanol–water partition coefficient (Wildman–Crippen LogP) is 1.04. The molecule has 11 nitrogen and oxygen atoms in total. The van der Waals surface area contributed by atoms with E-state index < -0.39 is 5.69 Å². The molecule has 11 heteroatoms. The van der Waals surface area contributed by atoms with Crippen LogP contribution in [0.1, 0.15) is 24.2 Å². The molecule has 160 valence electrons. The van der Waals surface area contributed by atoms with Crippen LogP contribution in [-0.2, 0) is 0 Å². The lowest BCUT2D eigenvalue weighted by Gasteiger charge is -2.04. The van der Waals surface area contributed by atoms with Crippen molar-refractivity contribution in [3.05, 3.63) is 63.2 Å². The molecule has 1 aromatic carbocycles. The zero-order chi connectivity index (χ0) is 21.8. The molecule has 1 aliphatic carbocycles. The van der Waals surface area contributed by atoms with Gasteiger partial charge in [-0.05, 0) is 50.1 Å². The summed E-state index contributed by atoms with van der Waals surface area (Å²) in [6.45, 7) is 2.00. The highest BCUT2D eigenvalue weighted by atomic mass is 16.5. The first-order valence-electron chi connectivity index (χ1n) is 10.1. The fourth-order valence-electron chi connectivity index (χ4n) is 3.53. The molecule has 4 N–H and O–H groups in total. The molecule has 0 amide bonds. The molecule has 6 rings (SSSR count). The minimum Gasteiger partial charge on any atom is -0.493 e. The maximum absolute atomic E-state index is 11.5. The van der Waals surface area contributed by atoms with Gasteiger partial charge in [-0.1, -0.05) is 0 Å². The summed E-state index contributed by atoms with van der Waals surface area (Å²) in [5.74, 6) is 0.328. The van der Waals surface area contributed by atoms with Crippen molar-refractivity contribution >= 4 is 22.6 Å². The van der Waals surface area contributed by atoms with Crippen LogP contribution in [0.2, 0.25) is 0 Å². The number of nitrogens with one attached hydrogen (secondary N) is 3. The molecule has 32 heavy (non-hydrogen) atoms. The smallest absolute Gasteiger partial charge is 0.327 e.